The minimum atomic E-state index is -3.52. The minimum Gasteiger partial charge on any atom is -0.494 e. The maximum Gasteiger partial charge on any atom is 0.229 e. The number of benzene rings is 2. The average molecular weight is 530 g/mol. The maximum absolute atomic E-state index is 13.3. The third-order valence-electron chi connectivity index (χ3n) is 5.23. The van der Waals surface area contributed by atoms with Gasteiger partial charge in [0.2, 0.25) is 5.91 Å². The normalized spacial score (nSPS) is 11.5. The van der Waals surface area contributed by atoms with Crippen molar-refractivity contribution in [2.24, 2.45) is 0 Å². The number of thiazole rings is 1. The van der Waals surface area contributed by atoms with E-state index in [-0.39, 0.29) is 35.9 Å². The van der Waals surface area contributed by atoms with E-state index in [0.29, 0.717) is 16.8 Å². The third-order valence-corrected chi connectivity index (χ3v) is 8.34. The van der Waals surface area contributed by atoms with Gasteiger partial charge >= 0.3 is 0 Å². The molecule has 0 spiro atoms. The lowest BCUT2D eigenvalue weighted by molar-refractivity contribution is -0.118. The molecule has 0 saturated carbocycles. The van der Waals surface area contributed by atoms with Crippen molar-refractivity contribution < 1.29 is 17.9 Å². The van der Waals surface area contributed by atoms with Gasteiger partial charge in [-0.15, -0.1) is 0 Å². The zero-order valence-electron chi connectivity index (χ0n) is 19.1. The average Bonchev–Trinajstić information content (AvgIpc) is 3.26. The molecule has 0 aliphatic heterocycles. The maximum atomic E-state index is 13.3. The van der Waals surface area contributed by atoms with Crippen LogP contribution in [-0.2, 0) is 21.2 Å². The van der Waals surface area contributed by atoms with Crippen LogP contribution in [0.1, 0.15) is 25.3 Å². The minimum absolute atomic E-state index is 0.0627. The van der Waals surface area contributed by atoms with E-state index in [9.17, 15) is 13.2 Å². The van der Waals surface area contributed by atoms with Crippen LogP contribution in [0.5, 0.6) is 5.75 Å². The van der Waals surface area contributed by atoms with E-state index in [1.807, 2.05) is 37.3 Å². The van der Waals surface area contributed by atoms with E-state index in [0.717, 1.165) is 21.5 Å². The molecular formula is C25H24ClN3O4S2. The fourth-order valence-electron chi connectivity index (χ4n) is 3.51. The second-order valence-electron chi connectivity index (χ2n) is 7.78. The van der Waals surface area contributed by atoms with Gasteiger partial charge in [0.15, 0.2) is 15.0 Å². The summed E-state index contributed by atoms with van der Waals surface area (Å²) < 4.78 is 31.8. The summed E-state index contributed by atoms with van der Waals surface area (Å²) in [6, 6.07) is 15.4. The van der Waals surface area contributed by atoms with Crippen LogP contribution in [0.2, 0.25) is 5.02 Å². The zero-order valence-corrected chi connectivity index (χ0v) is 21.4. The Morgan fingerprint density at radius 3 is 2.66 bits per heavy atom. The van der Waals surface area contributed by atoms with E-state index in [1.54, 1.807) is 29.4 Å². The Hall–Kier alpha value is -3.01. The van der Waals surface area contributed by atoms with Crippen molar-refractivity contribution >= 4 is 54.0 Å². The summed E-state index contributed by atoms with van der Waals surface area (Å²) in [7, 11) is -3.52. The Kier molecular flexibility index (Phi) is 8.00. The van der Waals surface area contributed by atoms with Gasteiger partial charge in [0.05, 0.1) is 34.0 Å². The number of carbonyl (C=O) groups excluding carboxylic acids is 1. The Bertz CT molecular complexity index is 1410. The zero-order chi connectivity index (χ0) is 24.8. The van der Waals surface area contributed by atoms with Gasteiger partial charge in [-0.1, -0.05) is 29.0 Å². The molecule has 1 amide bonds. The lowest BCUT2D eigenvalue weighted by Crippen LogP contribution is -2.30. The van der Waals surface area contributed by atoms with Crippen LogP contribution in [-0.4, -0.2) is 36.7 Å². The summed E-state index contributed by atoms with van der Waals surface area (Å²) in [4.78, 5) is 23.9. The molecule has 7 nitrogen and oxygen atoms in total. The molecule has 35 heavy (non-hydrogen) atoms. The molecule has 0 aliphatic carbocycles. The number of halogens is 1. The van der Waals surface area contributed by atoms with Crippen LogP contribution in [0.15, 0.2) is 71.9 Å². The lowest BCUT2D eigenvalue weighted by Gasteiger charge is -2.20. The summed E-state index contributed by atoms with van der Waals surface area (Å²) in [6.45, 7) is 2.76. The van der Waals surface area contributed by atoms with Crippen LogP contribution >= 0.6 is 22.9 Å². The fourth-order valence-corrected chi connectivity index (χ4v) is 5.96. The smallest absolute Gasteiger partial charge is 0.229 e. The van der Waals surface area contributed by atoms with Crippen molar-refractivity contribution in [2.45, 2.75) is 31.2 Å². The number of carbonyl (C=O) groups is 1. The largest absolute Gasteiger partial charge is 0.494 e. The molecule has 4 aromatic rings. The molecule has 0 radical (unpaired) electrons. The van der Waals surface area contributed by atoms with Gasteiger partial charge in [-0.25, -0.2) is 13.4 Å². The number of pyridine rings is 1. The Morgan fingerprint density at radius 1 is 1.14 bits per heavy atom. The number of amides is 1. The highest BCUT2D eigenvalue weighted by Gasteiger charge is 2.22. The highest BCUT2D eigenvalue weighted by Crippen LogP contribution is 2.33. The molecule has 0 aliphatic rings. The van der Waals surface area contributed by atoms with E-state index in [1.165, 1.54) is 23.5 Å². The molecule has 182 valence electrons. The molecule has 0 unspecified atom stereocenters. The number of hydrogen-bond acceptors (Lipinski definition) is 7. The number of fused-ring (bicyclic) bond motifs is 1. The second-order valence-corrected chi connectivity index (χ2v) is 11.3. The van der Waals surface area contributed by atoms with E-state index < -0.39 is 9.84 Å². The first-order chi connectivity index (χ1) is 16.9. The first-order valence-electron chi connectivity index (χ1n) is 11.1. The lowest BCUT2D eigenvalue weighted by atomic mass is 10.2. The highest BCUT2D eigenvalue weighted by atomic mass is 35.5. The molecule has 10 heteroatoms. The molecule has 0 bridgehead atoms. The van der Waals surface area contributed by atoms with E-state index >= 15 is 0 Å². The number of ether oxygens (including phenoxy) is 1. The number of rotatable bonds is 10. The molecule has 0 atom stereocenters. The number of sulfone groups is 1. The van der Waals surface area contributed by atoms with Gasteiger partial charge in [0.25, 0.3) is 0 Å². The van der Waals surface area contributed by atoms with Gasteiger partial charge < -0.3 is 4.74 Å². The first kappa shape index (κ1) is 25.1. The van der Waals surface area contributed by atoms with Crippen molar-refractivity contribution in [1.82, 2.24) is 9.97 Å². The summed E-state index contributed by atoms with van der Waals surface area (Å²) in [6.07, 6.45) is 3.62. The van der Waals surface area contributed by atoms with E-state index in [2.05, 4.69) is 9.97 Å². The van der Waals surface area contributed by atoms with Crippen LogP contribution in [0.4, 0.5) is 5.13 Å². The number of nitrogens with zero attached hydrogens (tertiary/aromatic N) is 3. The topological polar surface area (TPSA) is 89.5 Å². The first-order valence-corrected chi connectivity index (χ1v) is 13.9. The highest BCUT2D eigenvalue weighted by molar-refractivity contribution is 7.91. The number of aromatic nitrogens is 2. The summed E-state index contributed by atoms with van der Waals surface area (Å²) in [5.41, 5.74) is 1.62. The van der Waals surface area contributed by atoms with Gasteiger partial charge in [-0.2, -0.15) is 0 Å². The molecule has 2 aromatic heterocycles. The number of anilines is 1. The number of hydrogen-bond donors (Lipinski definition) is 0. The van der Waals surface area contributed by atoms with Gasteiger partial charge in [-0.3, -0.25) is 14.7 Å². The van der Waals surface area contributed by atoms with Crippen LogP contribution in [0, 0.1) is 0 Å². The predicted molar refractivity (Wildman–Crippen MR) is 139 cm³/mol. The van der Waals surface area contributed by atoms with E-state index in [4.69, 9.17) is 16.3 Å². The van der Waals surface area contributed by atoms with Gasteiger partial charge in [0, 0.05) is 23.8 Å². The van der Waals surface area contributed by atoms with Crippen molar-refractivity contribution in [1.29, 1.82) is 0 Å². The monoisotopic (exact) mass is 529 g/mol. The van der Waals surface area contributed by atoms with Crippen LogP contribution in [0.25, 0.3) is 10.2 Å². The molecular weight excluding hydrogens is 506 g/mol. The molecule has 0 N–H and O–H groups in total. The SMILES string of the molecule is CCOc1ccc2nc(N(Cc3cccnc3)C(=O)CCCS(=O)(=O)c3ccc(Cl)cc3)sc2c1. The fraction of sp³-hybridized carbons (Fsp3) is 0.240. The molecule has 2 aromatic carbocycles. The van der Waals surface area contributed by atoms with Crippen molar-refractivity contribution in [3.63, 3.8) is 0 Å². The van der Waals surface area contributed by atoms with Crippen molar-refractivity contribution in [2.75, 3.05) is 17.3 Å². The quantitative estimate of drug-likeness (QED) is 0.268. The van der Waals surface area contributed by atoms with Crippen LogP contribution < -0.4 is 9.64 Å². The summed E-state index contributed by atoms with van der Waals surface area (Å²) >= 11 is 7.25. The standard InChI is InChI=1S/C25H24ClN3O4S2/c1-2-33-20-9-12-22-23(15-20)34-25(28-22)29(17-18-5-3-13-27-16-18)24(30)6-4-14-35(31,32)21-10-7-19(26)8-11-21/h3,5,7-13,15-16H,2,4,6,14,17H2,1H3. The predicted octanol–water partition coefficient (Wildman–Crippen LogP) is 5.53. The van der Waals surface area contributed by atoms with Crippen LogP contribution in [0.3, 0.4) is 0 Å². The Morgan fingerprint density at radius 2 is 1.94 bits per heavy atom. The summed E-state index contributed by atoms with van der Waals surface area (Å²) in [5.74, 6) is 0.399. The second kappa shape index (κ2) is 11.2. The Balaban J connectivity index is 1.53. The van der Waals surface area contributed by atoms with Gasteiger partial charge in [0.1, 0.15) is 5.75 Å². The Labute approximate surface area is 213 Å². The molecule has 0 fully saturated rings. The van der Waals surface area contributed by atoms with Crippen molar-refractivity contribution in [3.8, 4) is 5.75 Å². The molecule has 2 heterocycles. The third kappa shape index (κ3) is 6.36. The molecule has 0 saturated heterocycles. The molecule has 4 rings (SSSR count). The summed E-state index contributed by atoms with van der Waals surface area (Å²) in [5, 5.41) is 1.01. The van der Waals surface area contributed by atoms with Gasteiger partial charge in [-0.05, 0) is 67.4 Å². The van der Waals surface area contributed by atoms with Crippen molar-refractivity contribution in [3.05, 3.63) is 77.6 Å².